The van der Waals surface area contributed by atoms with E-state index in [2.05, 4.69) is 5.32 Å². The fourth-order valence-corrected chi connectivity index (χ4v) is 5.33. The summed E-state index contributed by atoms with van der Waals surface area (Å²) in [5, 5.41) is 10.5. The van der Waals surface area contributed by atoms with E-state index in [1.54, 1.807) is 87.5 Å². The maximum atomic E-state index is 13.8. The highest BCUT2D eigenvalue weighted by Crippen LogP contribution is 2.32. The highest BCUT2D eigenvalue weighted by Gasteiger charge is 2.26. The minimum Gasteiger partial charge on any atom is -0.459 e. The van der Waals surface area contributed by atoms with E-state index in [4.69, 9.17) is 35.8 Å². The van der Waals surface area contributed by atoms with Gasteiger partial charge in [0.15, 0.2) is 0 Å². The molecule has 3 aromatic carbocycles. The van der Waals surface area contributed by atoms with Crippen molar-refractivity contribution in [3.63, 3.8) is 0 Å². The van der Waals surface area contributed by atoms with Crippen molar-refractivity contribution in [3.8, 4) is 23.0 Å². The third kappa shape index (κ3) is 11.5. The summed E-state index contributed by atoms with van der Waals surface area (Å²) in [6, 6.07) is 17.6. The second-order valence-electron chi connectivity index (χ2n) is 14.4. The summed E-state index contributed by atoms with van der Waals surface area (Å²) < 4.78 is 23.0. The Morgan fingerprint density at radius 2 is 1.32 bits per heavy atom. The highest BCUT2D eigenvalue weighted by molar-refractivity contribution is 5.95. The number of amides is 2. The molecule has 3 aromatic rings. The van der Waals surface area contributed by atoms with Gasteiger partial charge in [-0.25, -0.2) is 9.59 Å². The molecule has 1 saturated heterocycles. The van der Waals surface area contributed by atoms with E-state index in [0.29, 0.717) is 65.2 Å². The number of ether oxygens (including phenoxy) is 4. The maximum Gasteiger partial charge on any atom is 0.407 e. The number of nitrogens with zero attached hydrogens (tertiary/aromatic N) is 1. The molecule has 0 spiro atoms. The van der Waals surface area contributed by atoms with Crippen LogP contribution < -0.4 is 26.3 Å². The molecule has 50 heavy (non-hydrogen) atoms. The lowest BCUT2D eigenvalue weighted by atomic mass is 9.93. The Balaban J connectivity index is 1.47. The molecule has 1 unspecified atom stereocenters. The van der Waals surface area contributed by atoms with Gasteiger partial charge in [-0.05, 0) is 121 Å². The number of hydrogen-bond acceptors (Lipinski definition) is 9. The molecular weight excluding hydrogens is 638 g/mol. The second kappa shape index (κ2) is 16.1. The molecule has 0 saturated carbocycles. The van der Waals surface area contributed by atoms with Gasteiger partial charge in [-0.2, -0.15) is 0 Å². The van der Waals surface area contributed by atoms with Crippen molar-refractivity contribution < 1.29 is 33.3 Å². The SMILES string of the molecule is CC(C)(C)OC(=O)NCCC1CCN(C(=O)c2cc(Oc3ccc(C(=N)N)cc3)cc(Oc3ccc(C(N)C(=O)OC(C)(C)C)cc3)c2)CC1. The number of nitrogen functional groups attached to an aromatic ring is 1. The fourth-order valence-electron chi connectivity index (χ4n) is 5.33. The Morgan fingerprint density at radius 1 is 0.800 bits per heavy atom. The van der Waals surface area contributed by atoms with Crippen LogP contribution in [0, 0.1) is 11.3 Å². The van der Waals surface area contributed by atoms with Gasteiger partial charge in [0, 0.05) is 36.8 Å². The standard InChI is InChI=1S/C38H49N5O7/c1-37(2,3)49-35(45)32(39)25-7-11-28(12-8-25)47-30-21-27(22-31(23-30)48-29-13-9-26(10-14-29)33(40)41)34(44)43-19-16-24(17-20-43)15-18-42-36(46)50-38(4,5)6/h7-14,21-24,32H,15-20,39H2,1-6H3,(H3,40,41)(H,42,46). The van der Waals surface area contributed by atoms with Crippen molar-refractivity contribution >= 4 is 23.8 Å². The first kappa shape index (κ1) is 37.7. The van der Waals surface area contributed by atoms with Crippen molar-refractivity contribution in [1.29, 1.82) is 5.41 Å². The zero-order valence-electron chi connectivity index (χ0n) is 29.7. The number of nitrogens with two attached hydrogens (primary N) is 2. The average molecular weight is 688 g/mol. The number of hydrogen-bond donors (Lipinski definition) is 4. The van der Waals surface area contributed by atoms with Crippen LogP contribution in [0.4, 0.5) is 4.79 Å². The summed E-state index contributed by atoms with van der Waals surface area (Å²) in [5.74, 6) is 1.34. The van der Waals surface area contributed by atoms with Gasteiger partial charge in [-0.3, -0.25) is 10.2 Å². The molecule has 0 bridgehead atoms. The Labute approximate surface area is 293 Å². The fraction of sp³-hybridized carbons (Fsp3) is 0.421. The Kier molecular flexibility index (Phi) is 12.1. The van der Waals surface area contributed by atoms with Crippen molar-refractivity contribution in [2.75, 3.05) is 19.6 Å². The minimum atomic E-state index is -0.955. The molecular formula is C38H49N5O7. The van der Waals surface area contributed by atoms with Crippen molar-refractivity contribution in [3.05, 3.63) is 83.4 Å². The van der Waals surface area contributed by atoms with Crippen molar-refractivity contribution in [2.24, 2.45) is 17.4 Å². The maximum absolute atomic E-state index is 13.8. The van der Waals surface area contributed by atoms with Gasteiger partial charge in [0.05, 0.1) is 0 Å². The van der Waals surface area contributed by atoms with E-state index in [1.807, 2.05) is 25.7 Å². The third-order valence-corrected chi connectivity index (χ3v) is 7.79. The van der Waals surface area contributed by atoms with E-state index >= 15 is 0 Å². The molecule has 2 amide bonds. The van der Waals surface area contributed by atoms with E-state index in [0.717, 1.165) is 19.3 Å². The Morgan fingerprint density at radius 3 is 1.82 bits per heavy atom. The number of nitrogens with one attached hydrogen (secondary N) is 2. The zero-order chi connectivity index (χ0) is 36.6. The molecule has 12 heteroatoms. The summed E-state index contributed by atoms with van der Waals surface area (Å²) in [6.07, 6.45) is 1.98. The minimum absolute atomic E-state index is 0.0547. The number of likely N-dealkylation sites (tertiary alicyclic amines) is 1. The molecule has 1 fully saturated rings. The highest BCUT2D eigenvalue weighted by atomic mass is 16.6. The number of amidine groups is 1. The molecule has 12 nitrogen and oxygen atoms in total. The van der Waals surface area contributed by atoms with Crippen LogP contribution in [0.15, 0.2) is 66.7 Å². The molecule has 0 aliphatic carbocycles. The van der Waals surface area contributed by atoms with Gasteiger partial charge in [0.1, 0.15) is 46.1 Å². The number of piperidine rings is 1. The Hall–Kier alpha value is -5.10. The first-order valence-electron chi connectivity index (χ1n) is 16.8. The summed E-state index contributed by atoms with van der Waals surface area (Å²) in [6.45, 7) is 12.5. The van der Waals surface area contributed by atoms with Gasteiger partial charge in [0.25, 0.3) is 5.91 Å². The molecule has 0 radical (unpaired) electrons. The molecule has 1 aliphatic rings. The predicted octanol–water partition coefficient (Wildman–Crippen LogP) is 6.66. The molecule has 1 aliphatic heterocycles. The van der Waals surface area contributed by atoms with Crippen LogP contribution in [0.2, 0.25) is 0 Å². The third-order valence-electron chi connectivity index (χ3n) is 7.79. The van der Waals surface area contributed by atoms with Gasteiger partial charge >= 0.3 is 12.1 Å². The molecule has 0 aromatic heterocycles. The van der Waals surface area contributed by atoms with Gasteiger partial charge < -0.3 is 40.6 Å². The molecule has 268 valence electrons. The van der Waals surface area contributed by atoms with Gasteiger partial charge in [-0.15, -0.1) is 0 Å². The summed E-state index contributed by atoms with van der Waals surface area (Å²) in [5.41, 5.74) is 12.0. The Bertz CT molecular complexity index is 1650. The number of carbonyl (C=O) groups is 3. The number of rotatable bonds is 11. The lowest BCUT2D eigenvalue weighted by Gasteiger charge is -2.32. The lowest BCUT2D eigenvalue weighted by Crippen LogP contribution is -2.39. The van der Waals surface area contributed by atoms with E-state index in [1.165, 1.54) is 0 Å². The van der Waals surface area contributed by atoms with E-state index < -0.39 is 29.3 Å². The quantitative estimate of drug-likeness (QED) is 0.0974. The second-order valence-corrected chi connectivity index (χ2v) is 14.4. The number of benzene rings is 3. The zero-order valence-corrected chi connectivity index (χ0v) is 29.7. The van der Waals surface area contributed by atoms with Crippen LogP contribution in [0.1, 0.15) is 88.3 Å². The largest absolute Gasteiger partial charge is 0.459 e. The first-order chi connectivity index (χ1) is 23.5. The first-order valence-corrected chi connectivity index (χ1v) is 16.8. The summed E-state index contributed by atoms with van der Waals surface area (Å²) in [4.78, 5) is 40.1. The van der Waals surface area contributed by atoms with E-state index in [-0.39, 0.29) is 11.7 Å². The predicted molar refractivity (Wildman–Crippen MR) is 191 cm³/mol. The number of alkyl carbamates (subject to hydrolysis) is 1. The van der Waals surface area contributed by atoms with Gasteiger partial charge in [0.2, 0.25) is 0 Å². The summed E-state index contributed by atoms with van der Waals surface area (Å²) in [7, 11) is 0. The van der Waals surface area contributed by atoms with Gasteiger partial charge in [-0.1, -0.05) is 12.1 Å². The van der Waals surface area contributed by atoms with Crippen LogP contribution in [0.5, 0.6) is 23.0 Å². The van der Waals surface area contributed by atoms with E-state index in [9.17, 15) is 14.4 Å². The van der Waals surface area contributed by atoms with Crippen LogP contribution in [-0.2, 0) is 14.3 Å². The molecule has 1 heterocycles. The average Bonchev–Trinajstić information content (AvgIpc) is 3.03. The normalized spacial score (nSPS) is 14.3. The van der Waals surface area contributed by atoms with Crippen molar-refractivity contribution in [2.45, 2.75) is 78.0 Å². The summed E-state index contributed by atoms with van der Waals surface area (Å²) >= 11 is 0. The monoisotopic (exact) mass is 687 g/mol. The van der Waals surface area contributed by atoms with Crippen LogP contribution in [0.3, 0.4) is 0 Å². The smallest absolute Gasteiger partial charge is 0.407 e. The topological polar surface area (TPSA) is 179 Å². The lowest BCUT2D eigenvalue weighted by molar-refractivity contribution is -0.156. The molecule has 1 atom stereocenters. The molecule has 6 N–H and O–H groups in total. The number of carbonyl (C=O) groups excluding carboxylic acids is 3. The number of esters is 1. The van der Waals surface area contributed by atoms with Crippen LogP contribution in [-0.4, -0.2) is 59.5 Å². The van der Waals surface area contributed by atoms with Crippen LogP contribution in [0.25, 0.3) is 0 Å². The molecule has 4 rings (SSSR count). The van der Waals surface area contributed by atoms with Crippen molar-refractivity contribution in [1.82, 2.24) is 10.2 Å². The van der Waals surface area contributed by atoms with Crippen LogP contribution >= 0.6 is 0 Å².